The number of carbonyl (C=O) groups is 1. The van der Waals surface area contributed by atoms with Crippen LogP contribution in [0.2, 0.25) is 0 Å². The van der Waals surface area contributed by atoms with Crippen molar-refractivity contribution in [3.05, 3.63) is 11.1 Å². The summed E-state index contributed by atoms with van der Waals surface area (Å²) in [5.74, 6) is 0.360. The van der Waals surface area contributed by atoms with E-state index in [1.54, 1.807) is 0 Å². The second-order valence-electron chi connectivity index (χ2n) is 4.88. The molecule has 1 aromatic heterocycles. The molecule has 1 aliphatic rings. The molecular formula is C11H17N3O2S. The second-order valence-corrected chi connectivity index (χ2v) is 5.66. The highest BCUT2D eigenvalue weighted by Crippen LogP contribution is 2.32. The number of aliphatic hydroxyl groups is 1. The highest BCUT2D eigenvalue weighted by atomic mass is 32.1. The van der Waals surface area contributed by atoms with Crippen molar-refractivity contribution in [1.82, 2.24) is 14.9 Å². The minimum absolute atomic E-state index is 0.00465. The van der Waals surface area contributed by atoms with Gasteiger partial charge in [0.2, 0.25) is 0 Å². The number of amides is 1. The lowest BCUT2D eigenvalue weighted by atomic mass is 9.77. The topological polar surface area (TPSA) is 75.1 Å². The Morgan fingerprint density at radius 2 is 2.59 bits per heavy atom. The summed E-state index contributed by atoms with van der Waals surface area (Å²) in [5, 5.41) is 16.2. The van der Waals surface area contributed by atoms with E-state index in [-0.39, 0.29) is 12.5 Å². The normalized spacial score (nSPS) is 28.9. The summed E-state index contributed by atoms with van der Waals surface area (Å²) in [6, 6.07) is 0. The van der Waals surface area contributed by atoms with Crippen molar-refractivity contribution in [3.8, 4) is 0 Å². The van der Waals surface area contributed by atoms with Gasteiger partial charge < -0.3 is 10.4 Å². The molecule has 17 heavy (non-hydrogen) atoms. The van der Waals surface area contributed by atoms with E-state index >= 15 is 0 Å². The molecular weight excluding hydrogens is 238 g/mol. The molecule has 1 saturated carbocycles. The molecule has 2 unspecified atom stereocenters. The van der Waals surface area contributed by atoms with Crippen molar-refractivity contribution in [1.29, 1.82) is 0 Å². The third kappa shape index (κ3) is 2.81. The van der Waals surface area contributed by atoms with Crippen molar-refractivity contribution >= 4 is 17.4 Å². The molecule has 1 aliphatic carbocycles. The fourth-order valence-electron chi connectivity index (χ4n) is 2.53. The number of carbonyl (C=O) groups excluding carboxylic acids is 1. The zero-order chi connectivity index (χ0) is 12.3. The molecule has 1 fully saturated rings. The molecule has 94 valence electrons. The van der Waals surface area contributed by atoms with Crippen LogP contribution >= 0.6 is 11.5 Å². The van der Waals surface area contributed by atoms with E-state index in [1.807, 2.05) is 0 Å². The summed E-state index contributed by atoms with van der Waals surface area (Å²) in [7, 11) is 0. The molecule has 2 rings (SSSR count). The maximum Gasteiger partial charge on any atom is 0.265 e. The Morgan fingerprint density at radius 3 is 3.18 bits per heavy atom. The highest BCUT2D eigenvalue weighted by molar-refractivity contribution is 7.07. The van der Waals surface area contributed by atoms with Gasteiger partial charge in [-0.3, -0.25) is 4.79 Å². The van der Waals surface area contributed by atoms with Gasteiger partial charge in [-0.1, -0.05) is 24.3 Å². The first-order valence-corrected chi connectivity index (χ1v) is 6.63. The molecule has 0 bridgehead atoms. The Hall–Kier alpha value is -1.01. The number of nitrogens with one attached hydrogen (secondary N) is 1. The van der Waals surface area contributed by atoms with E-state index in [1.165, 1.54) is 12.6 Å². The van der Waals surface area contributed by atoms with Crippen LogP contribution in [-0.2, 0) is 0 Å². The van der Waals surface area contributed by atoms with E-state index in [4.69, 9.17) is 0 Å². The van der Waals surface area contributed by atoms with Crippen molar-refractivity contribution in [2.75, 3.05) is 6.61 Å². The van der Waals surface area contributed by atoms with Crippen LogP contribution in [-0.4, -0.2) is 32.7 Å². The molecule has 0 aliphatic heterocycles. The number of hydrogen-bond acceptors (Lipinski definition) is 5. The zero-order valence-corrected chi connectivity index (χ0v) is 10.7. The van der Waals surface area contributed by atoms with Gasteiger partial charge in [-0.15, -0.1) is 5.10 Å². The molecule has 5 nitrogen and oxygen atoms in total. The average Bonchev–Trinajstić information content (AvgIpc) is 2.82. The lowest BCUT2D eigenvalue weighted by Gasteiger charge is -2.39. The Labute approximate surface area is 104 Å². The quantitative estimate of drug-likeness (QED) is 0.851. The number of rotatable bonds is 3. The summed E-state index contributed by atoms with van der Waals surface area (Å²) < 4.78 is 3.67. The lowest BCUT2D eigenvalue weighted by molar-refractivity contribution is 0.0700. The van der Waals surface area contributed by atoms with Crippen molar-refractivity contribution in [2.24, 2.45) is 5.92 Å². The Kier molecular flexibility index (Phi) is 3.73. The number of nitrogens with zero attached hydrogens (tertiary/aromatic N) is 2. The first kappa shape index (κ1) is 12.4. The predicted molar refractivity (Wildman–Crippen MR) is 64.8 cm³/mol. The van der Waals surface area contributed by atoms with Crippen molar-refractivity contribution < 1.29 is 9.90 Å². The SMILES string of the molecule is CC1CCCC(CO)(NC(=O)c2cnns2)C1. The first-order valence-electron chi connectivity index (χ1n) is 5.86. The monoisotopic (exact) mass is 255 g/mol. The van der Waals surface area contributed by atoms with E-state index in [2.05, 4.69) is 21.8 Å². The van der Waals surface area contributed by atoms with Crippen LogP contribution in [0.3, 0.4) is 0 Å². The maximum atomic E-state index is 12.0. The van der Waals surface area contributed by atoms with E-state index in [0.717, 1.165) is 30.8 Å². The lowest BCUT2D eigenvalue weighted by Crippen LogP contribution is -2.53. The van der Waals surface area contributed by atoms with E-state index in [0.29, 0.717) is 10.8 Å². The van der Waals surface area contributed by atoms with Gasteiger partial charge in [0, 0.05) is 0 Å². The molecule has 0 spiro atoms. The van der Waals surface area contributed by atoms with Crippen LogP contribution in [0.25, 0.3) is 0 Å². The molecule has 1 heterocycles. The largest absolute Gasteiger partial charge is 0.394 e. The Bertz CT molecular complexity index is 382. The van der Waals surface area contributed by atoms with Gasteiger partial charge in [-0.25, -0.2) is 0 Å². The van der Waals surface area contributed by atoms with E-state index in [9.17, 15) is 9.90 Å². The first-order chi connectivity index (χ1) is 8.15. The van der Waals surface area contributed by atoms with Gasteiger partial charge >= 0.3 is 0 Å². The number of aromatic nitrogens is 2. The summed E-state index contributed by atoms with van der Waals surface area (Å²) in [4.78, 5) is 12.4. The molecule has 2 N–H and O–H groups in total. The van der Waals surface area contributed by atoms with Gasteiger partial charge in [0.05, 0.1) is 18.3 Å². The van der Waals surface area contributed by atoms with Crippen LogP contribution < -0.4 is 5.32 Å². The summed E-state index contributed by atoms with van der Waals surface area (Å²) in [5.41, 5.74) is -0.460. The molecule has 1 aromatic rings. The third-order valence-corrected chi connectivity index (χ3v) is 4.02. The van der Waals surface area contributed by atoms with Gasteiger partial charge in [0.25, 0.3) is 5.91 Å². The van der Waals surface area contributed by atoms with Gasteiger partial charge in [0.1, 0.15) is 4.88 Å². The standard InChI is InChI=1S/C11H17N3O2S/c1-8-3-2-4-11(5-8,7-15)13-10(16)9-6-12-14-17-9/h6,8,15H,2-5,7H2,1H3,(H,13,16). The van der Waals surface area contributed by atoms with Crippen LogP contribution in [0.1, 0.15) is 42.3 Å². The van der Waals surface area contributed by atoms with Gasteiger partial charge in [-0.2, -0.15) is 0 Å². The molecule has 6 heteroatoms. The van der Waals surface area contributed by atoms with Crippen molar-refractivity contribution in [2.45, 2.75) is 38.1 Å². The molecule has 0 saturated heterocycles. The predicted octanol–water partition coefficient (Wildman–Crippen LogP) is 1.21. The summed E-state index contributed by atoms with van der Waals surface area (Å²) in [6.45, 7) is 2.15. The smallest absolute Gasteiger partial charge is 0.265 e. The van der Waals surface area contributed by atoms with Crippen LogP contribution in [0.5, 0.6) is 0 Å². The fraction of sp³-hybridized carbons (Fsp3) is 0.727. The molecule has 0 aromatic carbocycles. The Balaban J connectivity index is 2.06. The maximum absolute atomic E-state index is 12.0. The number of hydrogen-bond donors (Lipinski definition) is 2. The Morgan fingerprint density at radius 1 is 1.76 bits per heavy atom. The average molecular weight is 255 g/mol. The minimum atomic E-state index is -0.460. The second kappa shape index (κ2) is 5.10. The van der Waals surface area contributed by atoms with Gasteiger partial charge in [-0.05, 0) is 30.3 Å². The highest BCUT2D eigenvalue weighted by Gasteiger charge is 2.36. The summed E-state index contributed by atoms with van der Waals surface area (Å²) >= 11 is 1.07. The summed E-state index contributed by atoms with van der Waals surface area (Å²) in [6.07, 6.45) is 5.34. The molecule has 1 amide bonds. The van der Waals surface area contributed by atoms with Crippen molar-refractivity contribution in [3.63, 3.8) is 0 Å². The third-order valence-electron chi connectivity index (χ3n) is 3.36. The fourth-order valence-corrected chi connectivity index (χ4v) is 2.94. The minimum Gasteiger partial charge on any atom is -0.394 e. The van der Waals surface area contributed by atoms with Gasteiger partial charge in [0.15, 0.2) is 0 Å². The molecule has 2 atom stereocenters. The molecule has 0 radical (unpaired) electrons. The van der Waals surface area contributed by atoms with Crippen LogP contribution in [0.4, 0.5) is 0 Å². The zero-order valence-electron chi connectivity index (χ0n) is 9.85. The van der Waals surface area contributed by atoms with Crippen LogP contribution in [0, 0.1) is 5.92 Å². The van der Waals surface area contributed by atoms with E-state index < -0.39 is 5.54 Å². The number of aliphatic hydroxyl groups excluding tert-OH is 1. The van der Waals surface area contributed by atoms with Crippen LogP contribution in [0.15, 0.2) is 6.20 Å².